The van der Waals surface area contributed by atoms with Crippen molar-refractivity contribution in [3.63, 3.8) is 0 Å². The summed E-state index contributed by atoms with van der Waals surface area (Å²) in [5.74, 6) is 0.214. The van der Waals surface area contributed by atoms with Crippen LogP contribution in [0.5, 0.6) is 5.75 Å². The van der Waals surface area contributed by atoms with E-state index in [9.17, 15) is 9.50 Å². The monoisotopic (exact) mass is 375 g/mol. The van der Waals surface area contributed by atoms with Crippen LogP contribution < -0.4 is 10.6 Å². The molecule has 0 bridgehead atoms. The van der Waals surface area contributed by atoms with E-state index in [1.165, 1.54) is 10.9 Å². The van der Waals surface area contributed by atoms with E-state index in [1.54, 1.807) is 12.1 Å². The average Bonchev–Trinajstić information content (AvgIpc) is 2.60. The lowest BCUT2D eigenvalue weighted by molar-refractivity contribution is 0.438. The van der Waals surface area contributed by atoms with Crippen LogP contribution >= 0.6 is 8.58 Å². The zero-order valence-corrected chi connectivity index (χ0v) is 17.5. The molecule has 0 saturated heterocycles. The van der Waals surface area contributed by atoms with Crippen LogP contribution in [0.4, 0.5) is 4.39 Å². The Morgan fingerprint density at radius 2 is 1.88 bits per heavy atom. The van der Waals surface area contributed by atoms with Crippen LogP contribution in [0.1, 0.15) is 55.4 Å². The Hall–Kier alpha value is -1.44. The molecule has 26 heavy (non-hydrogen) atoms. The van der Waals surface area contributed by atoms with Crippen molar-refractivity contribution in [2.24, 2.45) is 0 Å². The number of benzene rings is 2. The van der Waals surface area contributed by atoms with E-state index in [0.717, 1.165) is 36.0 Å². The Labute approximate surface area is 159 Å². The molecule has 142 valence electrons. The van der Waals surface area contributed by atoms with Gasteiger partial charge < -0.3 is 10.4 Å². The van der Waals surface area contributed by atoms with Gasteiger partial charge in [0.15, 0.2) is 0 Å². The molecule has 2 unspecified atom stereocenters. The average molecular weight is 375 g/mol. The predicted octanol–water partition coefficient (Wildman–Crippen LogP) is 5.28. The molecule has 2 N–H and O–H groups in total. The highest BCUT2D eigenvalue weighted by atomic mass is 31.1. The molecule has 0 radical (unpaired) electrons. The van der Waals surface area contributed by atoms with Crippen molar-refractivity contribution in [1.29, 1.82) is 0 Å². The molecule has 0 aromatic heterocycles. The molecule has 0 saturated carbocycles. The quantitative estimate of drug-likeness (QED) is 0.616. The number of nitrogens with one attached hydrogen (secondary N) is 1. The molecule has 0 aliphatic rings. The van der Waals surface area contributed by atoms with Gasteiger partial charge in [-0.1, -0.05) is 52.6 Å². The topological polar surface area (TPSA) is 32.3 Å². The van der Waals surface area contributed by atoms with E-state index in [4.69, 9.17) is 0 Å². The first-order valence-corrected chi connectivity index (χ1v) is 10.4. The number of hydrogen-bond acceptors (Lipinski definition) is 2. The van der Waals surface area contributed by atoms with Gasteiger partial charge in [-0.3, -0.25) is 0 Å². The SMILES string of the molecule is CCCC(CC)(Pc1ccc(F)cc1CNC)c1cc(C)cc(C)c1O. The molecule has 2 atom stereocenters. The summed E-state index contributed by atoms with van der Waals surface area (Å²) < 4.78 is 13.8. The molecule has 0 heterocycles. The highest BCUT2D eigenvalue weighted by molar-refractivity contribution is 7.48. The van der Waals surface area contributed by atoms with Crippen LogP contribution in [0.3, 0.4) is 0 Å². The van der Waals surface area contributed by atoms with Crippen LogP contribution in [0, 0.1) is 19.7 Å². The fourth-order valence-corrected chi connectivity index (χ4v) is 5.63. The summed E-state index contributed by atoms with van der Waals surface area (Å²) in [5.41, 5.74) is 4.14. The molecule has 2 nitrogen and oxygen atoms in total. The largest absolute Gasteiger partial charge is 0.507 e. The first-order chi connectivity index (χ1) is 12.4. The molecule has 2 aromatic rings. The van der Waals surface area contributed by atoms with Gasteiger partial charge >= 0.3 is 0 Å². The van der Waals surface area contributed by atoms with Crippen molar-refractivity contribution in [3.8, 4) is 5.75 Å². The van der Waals surface area contributed by atoms with Crippen LogP contribution in [0.15, 0.2) is 30.3 Å². The molecular weight excluding hydrogens is 344 g/mol. The van der Waals surface area contributed by atoms with Gasteiger partial charge in [0, 0.05) is 17.3 Å². The van der Waals surface area contributed by atoms with Crippen molar-refractivity contribution in [1.82, 2.24) is 5.32 Å². The van der Waals surface area contributed by atoms with E-state index in [-0.39, 0.29) is 11.0 Å². The standard InChI is InChI=1S/C22H31FNOP/c1-6-10-22(7-2,19-12-15(3)11-16(4)21(19)25)26-20-9-8-18(23)13-17(20)14-24-5/h8-9,11-13,24-26H,6-7,10,14H2,1-5H3. The zero-order chi connectivity index (χ0) is 19.3. The minimum Gasteiger partial charge on any atom is -0.507 e. The molecular formula is C22H31FNOP. The molecule has 2 aromatic carbocycles. The number of halogens is 1. The van der Waals surface area contributed by atoms with E-state index >= 15 is 0 Å². The van der Waals surface area contributed by atoms with Gasteiger partial charge in [0.05, 0.1) is 0 Å². The van der Waals surface area contributed by atoms with E-state index in [0.29, 0.717) is 20.9 Å². The number of phenols is 1. The normalized spacial score (nSPS) is 14.1. The summed E-state index contributed by atoms with van der Waals surface area (Å²) >= 11 is 0. The second-order valence-electron chi connectivity index (χ2n) is 7.12. The Bertz CT molecular complexity index is 762. The van der Waals surface area contributed by atoms with Gasteiger partial charge in [-0.25, -0.2) is 4.39 Å². The highest BCUT2D eigenvalue weighted by Gasteiger charge is 2.33. The minimum absolute atomic E-state index is 0.129. The maximum absolute atomic E-state index is 13.8. The highest BCUT2D eigenvalue weighted by Crippen LogP contribution is 2.51. The second-order valence-corrected chi connectivity index (χ2v) is 8.87. The van der Waals surface area contributed by atoms with Crippen LogP contribution in [0.2, 0.25) is 0 Å². The molecule has 0 spiro atoms. The first kappa shape index (κ1) is 20.9. The van der Waals surface area contributed by atoms with Crippen molar-refractivity contribution >= 4 is 13.9 Å². The lowest BCUT2D eigenvalue weighted by Gasteiger charge is -2.35. The molecule has 2 rings (SSSR count). The lowest BCUT2D eigenvalue weighted by Crippen LogP contribution is -2.25. The molecule has 4 heteroatoms. The second kappa shape index (κ2) is 8.97. The summed E-state index contributed by atoms with van der Waals surface area (Å²) in [4.78, 5) is 0. The van der Waals surface area contributed by atoms with Crippen LogP contribution in [0.25, 0.3) is 0 Å². The Morgan fingerprint density at radius 3 is 2.50 bits per heavy atom. The van der Waals surface area contributed by atoms with Crippen LogP contribution in [-0.2, 0) is 11.7 Å². The lowest BCUT2D eigenvalue weighted by atomic mass is 9.88. The predicted molar refractivity (Wildman–Crippen MR) is 112 cm³/mol. The summed E-state index contributed by atoms with van der Waals surface area (Å²) in [6.07, 6.45) is 2.97. The van der Waals surface area contributed by atoms with Gasteiger partial charge in [0.2, 0.25) is 0 Å². The van der Waals surface area contributed by atoms with Gasteiger partial charge in [0.25, 0.3) is 0 Å². The molecule has 0 amide bonds. The summed E-state index contributed by atoms with van der Waals surface area (Å²) in [6, 6.07) is 9.26. The number of hydrogen-bond donors (Lipinski definition) is 2. The first-order valence-electron chi connectivity index (χ1n) is 9.38. The van der Waals surface area contributed by atoms with Gasteiger partial charge in [-0.05, 0) is 62.3 Å². The van der Waals surface area contributed by atoms with Crippen LogP contribution in [-0.4, -0.2) is 12.2 Å². The van der Waals surface area contributed by atoms with Crippen molar-refractivity contribution in [3.05, 3.63) is 58.4 Å². The minimum atomic E-state index is -0.198. The van der Waals surface area contributed by atoms with Crippen molar-refractivity contribution in [2.45, 2.75) is 58.7 Å². The van der Waals surface area contributed by atoms with E-state index in [2.05, 4.69) is 32.2 Å². The third kappa shape index (κ3) is 4.45. The number of rotatable bonds is 8. The van der Waals surface area contributed by atoms with Crippen molar-refractivity contribution < 1.29 is 9.50 Å². The fourth-order valence-electron chi connectivity index (χ4n) is 3.75. The summed E-state index contributed by atoms with van der Waals surface area (Å²) in [7, 11) is 2.36. The zero-order valence-electron chi connectivity index (χ0n) is 16.5. The van der Waals surface area contributed by atoms with Crippen molar-refractivity contribution in [2.75, 3.05) is 7.05 Å². The van der Waals surface area contributed by atoms with E-state index < -0.39 is 0 Å². The maximum atomic E-state index is 13.8. The Balaban J connectivity index is 2.59. The van der Waals surface area contributed by atoms with Gasteiger partial charge in [-0.2, -0.15) is 0 Å². The third-order valence-corrected chi connectivity index (χ3v) is 7.16. The maximum Gasteiger partial charge on any atom is 0.123 e. The summed E-state index contributed by atoms with van der Waals surface area (Å²) in [6.45, 7) is 9.07. The smallest absolute Gasteiger partial charge is 0.123 e. The fraction of sp³-hybridized carbons (Fsp3) is 0.455. The van der Waals surface area contributed by atoms with Gasteiger partial charge in [0.1, 0.15) is 11.6 Å². The molecule has 0 aliphatic heterocycles. The number of phenolic OH excluding ortho intramolecular Hbond substituents is 1. The molecule has 0 aliphatic carbocycles. The van der Waals surface area contributed by atoms with Gasteiger partial charge in [-0.15, -0.1) is 0 Å². The Morgan fingerprint density at radius 1 is 1.15 bits per heavy atom. The Kier molecular flexibility index (Phi) is 7.20. The van der Waals surface area contributed by atoms with E-state index in [1.807, 2.05) is 26.1 Å². The molecule has 0 fully saturated rings. The number of aryl methyl sites for hydroxylation is 2. The number of aromatic hydroxyl groups is 1. The third-order valence-electron chi connectivity index (χ3n) is 5.05. The summed E-state index contributed by atoms with van der Waals surface area (Å²) in [5, 5.41) is 15.0.